The van der Waals surface area contributed by atoms with Crippen LogP contribution in [-0.2, 0) is 0 Å². The van der Waals surface area contributed by atoms with Gasteiger partial charge in [-0.05, 0) is 48.6 Å². The van der Waals surface area contributed by atoms with Gasteiger partial charge in [0.25, 0.3) is 0 Å². The summed E-state index contributed by atoms with van der Waals surface area (Å²) in [4.78, 5) is 6.65. The van der Waals surface area contributed by atoms with Gasteiger partial charge in [0.1, 0.15) is 5.82 Å². The second-order valence-electron chi connectivity index (χ2n) is 8.70. The van der Waals surface area contributed by atoms with E-state index in [0.717, 1.165) is 43.1 Å². The molecule has 0 spiro atoms. The van der Waals surface area contributed by atoms with Gasteiger partial charge in [-0.3, -0.25) is 0 Å². The van der Waals surface area contributed by atoms with Crippen molar-refractivity contribution in [3.05, 3.63) is 53.8 Å². The van der Waals surface area contributed by atoms with E-state index < -0.39 is 0 Å². The molecule has 2 heterocycles. The van der Waals surface area contributed by atoms with Crippen LogP contribution in [-0.4, -0.2) is 24.1 Å². The molecule has 29 heavy (non-hydrogen) atoms. The lowest BCUT2D eigenvalue weighted by atomic mass is 9.96. The van der Waals surface area contributed by atoms with Crippen LogP contribution in [0.1, 0.15) is 33.6 Å². The van der Waals surface area contributed by atoms with Gasteiger partial charge in [-0.1, -0.05) is 38.4 Å². The minimum atomic E-state index is 0.0891. The minimum Gasteiger partial charge on any atom is -0.397 e. The first-order valence-electron chi connectivity index (χ1n) is 9.95. The van der Waals surface area contributed by atoms with Gasteiger partial charge in [0.15, 0.2) is 0 Å². The fraction of sp³-hybridized carbons (Fsp3) is 0.409. The van der Waals surface area contributed by atoms with E-state index in [4.69, 9.17) is 23.2 Å². The van der Waals surface area contributed by atoms with Crippen molar-refractivity contribution in [1.29, 1.82) is 0 Å². The summed E-state index contributed by atoms with van der Waals surface area (Å²) in [5.41, 5.74) is 8.86. The van der Waals surface area contributed by atoms with Gasteiger partial charge in [-0.2, -0.15) is 0 Å². The Balaban J connectivity index is 1.66. The van der Waals surface area contributed by atoms with E-state index in [1.54, 1.807) is 11.2 Å². The molecule has 156 valence electrons. The number of pyridine rings is 1. The third-order valence-electron chi connectivity index (χ3n) is 4.83. The van der Waals surface area contributed by atoms with E-state index in [2.05, 4.69) is 48.2 Å². The number of hydrogen-bond donors (Lipinski definition) is 3. The molecule has 0 fully saturated rings. The van der Waals surface area contributed by atoms with Crippen molar-refractivity contribution in [2.45, 2.75) is 39.7 Å². The lowest BCUT2D eigenvalue weighted by molar-refractivity contribution is 0.412. The molecule has 5 N–H and O–H groups in total. The second kappa shape index (κ2) is 8.93. The van der Waals surface area contributed by atoms with E-state index in [9.17, 15) is 0 Å². The number of hydrazine groups is 1. The lowest BCUT2D eigenvalue weighted by Gasteiger charge is -2.33. The van der Waals surface area contributed by atoms with Crippen molar-refractivity contribution in [3.8, 4) is 0 Å². The Kier molecular flexibility index (Phi) is 6.55. The third kappa shape index (κ3) is 5.78. The first kappa shape index (κ1) is 21.3. The molecule has 0 aliphatic carbocycles. The van der Waals surface area contributed by atoms with Crippen LogP contribution in [0.5, 0.6) is 0 Å². The standard InChI is InChI=1S/C22H31ClN6/c1-22(2,3)15-29(25)20-9-8-17(12-19(20)24)26-14-18-6-4-5-11-28(18)21-10-7-16(23)13-27-21/h5,7-13,18,26H,4,6,14-15,24-25H2,1-3H3. The summed E-state index contributed by atoms with van der Waals surface area (Å²) < 4.78 is 0. The number of rotatable bonds is 6. The molecule has 1 aliphatic rings. The molecule has 1 aliphatic heterocycles. The Morgan fingerprint density at radius 3 is 2.72 bits per heavy atom. The van der Waals surface area contributed by atoms with Crippen LogP contribution < -0.4 is 26.8 Å². The van der Waals surface area contributed by atoms with Crippen molar-refractivity contribution < 1.29 is 0 Å². The number of aromatic nitrogens is 1. The van der Waals surface area contributed by atoms with Gasteiger partial charge >= 0.3 is 0 Å². The van der Waals surface area contributed by atoms with Crippen molar-refractivity contribution in [1.82, 2.24) is 4.98 Å². The monoisotopic (exact) mass is 414 g/mol. The topological polar surface area (TPSA) is 83.4 Å². The highest BCUT2D eigenvalue weighted by atomic mass is 35.5. The Bertz CT molecular complexity index is 843. The highest BCUT2D eigenvalue weighted by Crippen LogP contribution is 2.28. The summed E-state index contributed by atoms with van der Waals surface area (Å²) in [6.07, 6.45) is 8.04. The van der Waals surface area contributed by atoms with Crippen LogP contribution in [0.4, 0.5) is 22.9 Å². The van der Waals surface area contributed by atoms with Crippen molar-refractivity contribution >= 4 is 34.5 Å². The Labute approximate surface area is 178 Å². The van der Waals surface area contributed by atoms with Crippen LogP contribution in [0.25, 0.3) is 0 Å². The Hall–Kier alpha value is -2.44. The molecule has 0 saturated carbocycles. The lowest BCUT2D eigenvalue weighted by Crippen LogP contribution is -2.39. The van der Waals surface area contributed by atoms with Crippen LogP contribution in [0.3, 0.4) is 0 Å². The number of hydrogen-bond acceptors (Lipinski definition) is 6. The molecule has 0 saturated heterocycles. The van der Waals surface area contributed by atoms with Crippen LogP contribution in [0.2, 0.25) is 5.02 Å². The average Bonchev–Trinajstić information content (AvgIpc) is 2.66. The molecule has 1 atom stereocenters. The number of nitrogens with zero attached hydrogens (tertiary/aromatic N) is 3. The molecule has 0 radical (unpaired) electrons. The van der Waals surface area contributed by atoms with E-state index >= 15 is 0 Å². The van der Waals surface area contributed by atoms with E-state index in [-0.39, 0.29) is 5.41 Å². The fourth-order valence-electron chi connectivity index (χ4n) is 3.48. The molecule has 1 aromatic carbocycles. The summed E-state index contributed by atoms with van der Waals surface area (Å²) in [6.45, 7) is 7.96. The van der Waals surface area contributed by atoms with Crippen molar-refractivity contribution in [2.24, 2.45) is 11.3 Å². The zero-order valence-electron chi connectivity index (χ0n) is 17.4. The number of anilines is 4. The summed E-state index contributed by atoms with van der Waals surface area (Å²) in [5, 5.41) is 5.87. The molecule has 0 amide bonds. The normalized spacial score (nSPS) is 16.7. The van der Waals surface area contributed by atoms with E-state index in [1.165, 1.54) is 0 Å². The molecular formula is C22H31ClN6. The summed E-state index contributed by atoms with van der Waals surface area (Å²) in [6, 6.07) is 10.1. The van der Waals surface area contributed by atoms with E-state index in [1.807, 2.05) is 30.3 Å². The zero-order valence-corrected chi connectivity index (χ0v) is 18.2. The molecule has 7 heteroatoms. The highest BCUT2D eigenvalue weighted by Gasteiger charge is 2.21. The average molecular weight is 415 g/mol. The quantitative estimate of drug-likeness (QED) is 0.363. The Morgan fingerprint density at radius 2 is 2.07 bits per heavy atom. The first-order valence-corrected chi connectivity index (χ1v) is 10.3. The summed E-state index contributed by atoms with van der Waals surface area (Å²) >= 11 is 5.98. The molecule has 6 nitrogen and oxygen atoms in total. The van der Waals surface area contributed by atoms with Gasteiger partial charge in [-0.25, -0.2) is 10.8 Å². The van der Waals surface area contributed by atoms with Gasteiger partial charge in [0.2, 0.25) is 0 Å². The maximum absolute atomic E-state index is 6.28. The first-order chi connectivity index (χ1) is 13.7. The predicted octanol–water partition coefficient (Wildman–Crippen LogP) is 4.64. The number of benzene rings is 1. The molecule has 1 aromatic heterocycles. The third-order valence-corrected chi connectivity index (χ3v) is 5.05. The summed E-state index contributed by atoms with van der Waals surface area (Å²) in [7, 11) is 0. The molecule has 0 bridgehead atoms. The molecule has 1 unspecified atom stereocenters. The number of nitrogens with one attached hydrogen (secondary N) is 1. The van der Waals surface area contributed by atoms with Gasteiger partial charge in [0.05, 0.1) is 22.4 Å². The number of allylic oxidation sites excluding steroid dienone is 1. The fourth-order valence-corrected chi connectivity index (χ4v) is 3.59. The minimum absolute atomic E-state index is 0.0891. The maximum Gasteiger partial charge on any atom is 0.132 e. The molecule has 2 aromatic rings. The molecule has 3 rings (SSSR count). The Morgan fingerprint density at radius 1 is 1.28 bits per heavy atom. The smallest absolute Gasteiger partial charge is 0.132 e. The van der Waals surface area contributed by atoms with Crippen LogP contribution in [0.15, 0.2) is 48.8 Å². The van der Waals surface area contributed by atoms with Crippen LogP contribution in [0, 0.1) is 5.41 Å². The predicted molar refractivity (Wildman–Crippen MR) is 124 cm³/mol. The SMILES string of the molecule is CC(C)(C)CN(N)c1ccc(NCC2CCC=CN2c2ccc(Cl)cn2)cc1N. The van der Waals surface area contributed by atoms with Crippen molar-refractivity contribution in [3.63, 3.8) is 0 Å². The van der Waals surface area contributed by atoms with Crippen LogP contribution >= 0.6 is 11.6 Å². The number of nitrogen functional groups attached to an aromatic ring is 1. The number of halogens is 1. The van der Waals surface area contributed by atoms with E-state index in [0.29, 0.717) is 16.8 Å². The second-order valence-corrected chi connectivity index (χ2v) is 9.14. The largest absolute Gasteiger partial charge is 0.397 e. The highest BCUT2D eigenvalue weighted by molar-refractivity contribution is 6.30. The maximum atomic E-state index is 6.28. The summed E-state index contributed by atoms with van der Waals surface area (Å²) in [5.74, 6) is 7.11. The van der Waals surface area contributed by atoms with Crippen molar-refractivity contribution in [2.75, 3.05) is 34.0 Å². The zero-order chi connectivity index (χ0) is 21.0. The van der Waals surface area contributed by atoms with Gasteiger partial charge < -0.3 is 21.0 Å². The number of nitrogens with two attached hydrogens (primary N) is 2. The van der Waals surface area contributed by atoms with Gasteiger partial charge in [0, 0.05) is 31.2 Å². The molecular weight excluding hydrogens is 384 g/mol. The van der Waals surface area contributed by atoms with Gasteiger partial charge in [-0.15, -0.1) is 0 Å².